The lowest BCUT2D eigenvalue weighted by Gasteiger charge is -2.10. The number of hydrogen-bond acceptors (Lipinski definition) is 4. The van der Waals surface area contributed by atoms with Gasteiger partial charge in [0.2, 0.25) is 5.91 Å². The number of amides is 1. The van der Waals surface area contributed by atoms with Crippen LogP contribution in [0, 0.1) is 24.4 Å². The van der Waals surface area contributed by atoms with Gasteiger partial charge in [0, 0.05) is 24.1 Å². The summed E-state index contributed by atoms with van der Waals surface area (Å²) in [5.74, 6) is -3.43. The fourth-order valence-corrected chi connectivity index (χ4v) is 2.58. The van der Waals surface area contributed by atoms with Crippen molar-refractivity contribution in [2.75, 3.05) is 11.1 Å². The fraction of sp³-hybridized carbons (Fsp3) is 0.111. The molecule has 0 saturated carbocycles. The topological polar surface area (TPSA) is 85.3 Å². The molecule has 8 heteroatoms. The van der Waals surface area contributed by atoms with E-state index in [2.05, 4.69) is 5.32 Å². The van der Waals surface area contributed by atoms with Crippen molar-refractivity contribution in [3.63, 3.8) is 0 Å². The third kappa shape index (κ3) is 2.79. The summed E-state index contributed by atoms with van der Waals surface area (Å²) in [5, 5.41) is 1.89. The van der Waals surface area contributed by atoms with E-state index in [9.17, 15) is 22.8 Å². The van der Waals surface area contributed by atoms with E-state index in [1.807, 2.05) is 0 Å². The third-order valence-electron chi connectivity index (χ3n) is 3.88. The zero-order valence-corrected chi connectivity index (χ0v) is 13.7. The van der Waals surface area contributed by atoms with Gasteiger partial charge in [-0.25, -0.2) is 13.2 Å². The maximum atomic E-state index is 14.4. The lowest BCUT2D eigenvalue weighted by molar-refractivity contribution is -0.114. The highest BCUT2D eigenvalue weighted by molar-refractivity contribution is 5.92. The van der Waals surface area contributed by atoms with E-state index in [1.165, 1.54) is 19.1 Å². The largest absolute Gasteiger partial charge is 0.453 e. The quantitative estimate of drug-likeness (QED) is 0.681. The van der Waals surface area contributed by atoms with Crippen molar-refractivity contribution in [2.24, 2.45) is 0 Å². The summed E-state index contributed by atoms with van der Waals surface area (Å²) >= 11 is 0. The molecule has 1 aromatic heterocycles. The molecule has 1 heterocycles. The molecular formula is C18H13F3N2O3. The number of hydrogen-bond donors (Lipinski definition) is 2. The Labute approximate surface area is 145 Å². The number of carbonyl (C=O) groups excluding carboxylic acids is 1. The number of nitrogens with two attached hydrogens (primary N) is 1. The molecule has 0 unspecified atom stereocenters. The molecule has 1 amide bonds. The van der Waals surface area contributed by atoms with Crippen molar-refractivity contribution in [3.8, 4) is 11.3 Å². The first-order chi connectivity index (χ1) is 12.2. The molecular weight excluding hydrogens is 349 g/mol. The van der Waals surface area contributed by atoms with Crippen LogP contribution in [0.1, 0.15) is 12.5 Å². The van der Waals surface area contributed by atoms with E-state index in [1.54, 1.807) is 0 Å². The van der Waals surface area contributed by atoms with Crippen LogP contribution in [0.15, 0.2) is 33.5 Å². The molecule has 0 fully saturated rings. The molecule has 26 heavy (non-hydrogen) atoms. The van der Waals surface area contributed by atoms with Crippen LogP contribution in [-0.2, 0) is 4.79 Å². The monoisotopic (exact) mass is 362 g/mol. The number of halogens is 3. The second-order valence-corrected chi connectivity index (χ2v) is 5.72. The molecule has 3 rings (SSSR count). The van der Waals surface area contributed by atoms with Crippen molar-refractivity contribution in [2.45, 2.75) is 13.8 Å². The Kier molecular flexibility index (Phi) is 4.19. The molecule has 0 spiro atoms. The number of nitrogens with one attached hydrogen (secondary N) is 1. The standard InChI is InChI=1S/C18H13F3N2O3/c1-7-15(20)17(22)14-12(25)6-13(26-18(14)16(7)21)9-3-4-11(10(19)5-9)23-8(2)24/h3-6H,22H2,1-2H3,(H,23,24). The van der Waals surface area contributed by atoms with Gasteiger partial charge in [-0.2, -0.15) is 0 Å². The van der Waals surface area contributed by atoms with Crippen LogP contribution in [-0.4, -0.2) is 5.91 Å². The van der Waals surface area contributed by atoms with Crippen LogP contribution in [0.5, 0.6) is 0 Å². The van der Waals surface area contributed by atoms with Crippen LogP contribution < -0.4 is 16.5 Å². The summed E-state index contributed by atoms with van der Waals surface area (Å²) in [7, 11) is 0. The van der Waals surface area contributed by atoms with Gasteiger partial charge in [0.25, 0.3) is 0 Å². The third-order valence-corrected chi connectivity index (χ3v) is 3.88. The van der Waals surface area contributed by atoms with Crippen LogP contribution in [0.3, 0.4) is 0 Å². The van der Waals surface area contributed by atoms with E-state index >= 15 is 0 Å². The second kappa shape index (κ2) is 6.21. The molecule has 134 valence electrons. The number of rotatable bonds is 2. The van der Waals surface area contributed by atoms with Crippen molar-refractivity contribution in [1.82, 2.24) is 0 Å². The summed E-state index contributed by atoms with van der Waals surface area (Å²) in [6.45, 7) is 2.39. The van der Waals surface area contributed by atoms with E-state index in [0.717, 1.165) is 19.1 Å². The van der Waals surface area contributed by atoms with Gasteiger partial charge in [-0.15, -0.1) is 0 Å². The van der Waals surface area contributed by atoms with Gasteiger partial charge >= 0.3 is 0 Å². The second-order valence-electron chi connectivity index (χ2n) is 5.72. The molecule has 0 saturated heterocycles. The minimum absolute atomic E-state index is 0.0577. The van der Waals surface area contributed by atoms with E-state index in [4.69, 9.17) is 10.2 Å². The van der Waals surface area contributed by atoms with E-state index in [0.29, 0.717) is 0 Å². The Hall–Kier alpha value is -3.29. The molecule has 5 nitrogen and oxygen atoms in total. The smallest absolute Gasteiger partial charge is 0.221 e. The number of anilines is 2. The molecule has 0 bridgehead atoms. The Balaban J connectivity index is 2.23. The molecule has 0 aliphatic heterocycles. The molecule has 0 aliphatic rings. The zero-order valence-electron chi connectivity index (χ0n) is 13.7. The van der Waals surface area contributed by atoms with Gasteiger partial charge in [-0.05, 0) is 25.1 Å². The zero-order chi connectivity index (χ0) is 19.2. The molecule has 3 aromatic rings. The summed E-state index contributed by atoms with van der Waals surface area (Å²) in [4.78, 5) is 23.3. The Morgan fingerprint density at radius 1 is 1.15 bits per heavy atom. The number of nitrogen functional groups attached to an aromatic ring is 1. The maximum Gasteiger partial charge on any atom is 0.221 e. The lowest BCUT2D eigenvalue weighted by atomic mass is 10.1. The average molecular weight is 362 g/mol. The van der Waals surface area contributed by atoms with Gasteiger partial charge in [-0.1, -0.05) is 0 Å². The number of benzene rings is 2. The number of fused-ring (bicyclic) bond motifs is 1. The molecule has 3 N–H and O–H groups in total. The van der Waals surface area contributed by atoms with Gasteiger partial charge in [-0.3, -0.25) is 9.59 Å². The Morgan fingerprint density at radius 2 is 1.85 bits per heavy atom. The summed E-state index contributed by atoms with van der Waals surface area (Å²) in [6, 6.07) is 4.65. The highest BCUT2D eigenvalue weighted by Crippen LogP contribution is 2.32. The molecule has 0 atom stereocenters. The van der Waals surface area contributed by atoms with Crippen LogP contribution >= 0.6 is 0 Å². The molecule has 0 aliphatic carbocycles. The van der Waals surface area contributed by atoms with Gasteiger partial charge in [0.15, 0.2) is 22.6 Å². The average Bonchev–Trinajstić information content (AvgIpc) is 2.58. The first-order valence-electron chi connectivity index (χ1n) is 7.49. The van der Waals surface area contributed by atoms with Crippen molar-refractivity contribution in [1.29, 1.82) is 0 Å². The summed E-state index contributed by atoms with van der Waals surface area (Å²) < 4.78 is 47.7. The normalized spacial score (nSPS) is 11.0. The van der Waals surface area contributed by atoms with Crippen molar-refractivity contribution >= 4 is 28.3 Å². The van der Waals surface area contributed by atoms with Crippen molar-refractivity contribution < 1.29 is 22.4 Å². The van der Waals surface area contributed by atoms with Crippen molar-refractivity contribution in [3.05, 3.63) is 57.5 Å². The predicted octanol–water partition coefficient (Wildman–Crippen LogP) is 3.73. The van der Waals surface area contributed by atoms with E-state index in [-0.39, 0.29) is 22.6 Å². The van der Waals surface area contributed by atoms with Crippen LogP contribution in [0.2, 0.25) is 0 Å². The maximum absolute atomic E-state index is 14.4. The van der Waals surface area contributed by atoms with Crippen LogP contribution in [0.4, 0.5) is 24.5 Å². The first-order valence-corrected chi connectivity index (χ1v) is 7.49. The molecule has 0 radical (unpaired) electrons. The predicted molar refractivity (Wildman–Crippen MR) is 91.2 cm³/mol. The fourth-order valence-electron chi connectivity index (χ4n) is 2.58. The van der Waals surface area contributed by atoms with Gasteiger partial charge < -0.3 is 15.5 Å². The molecule has 2 aromatic carbocycles. The minimum atomic E-state index is -1.05. The van der Waals surface area contributed by atoms with E-state index < -0.39 is 45.4 Å². The summed E-state index contributed by atoms with van der Waals surface area (Å²) in [6.07, 6.45) is 0. The van der Waals surface area contributed by atoms with Gasteiger partial charge in [0.05, 0.1) is 16.8 Å². The lowest BCUT2D eigenvalue weighted by Crippen LogP contribution is -2.09. The summed E-state index contributed by atoms with van der Waals surface area (Å²) in [5.41, 5.74) is 3.48. The highest BCUT2D eigenvalue weighted by Gasteiger charge is 2.21. The Morgan fingerprint density at radius 3 is 2.46 bits per heavy atom. The van der Waals surface area contributed by atoms with Gasteiger partial charge in [0.1, 0.15) is 11.6 Å². The van der Waals surface area contributed by atoms with Crippen LogP contribution in [0.25, 0.3) is 22.3 Å². The SMILES string of the molecule is CC(=O)Nc1ccc(-c2cc(=O)c3c(N)c(F)c(C)c(F)c3o2)cc1F. The minimum Gasteiger partial charge on any atom is -0.453 e. The first kappa shape index (κ1) is 17.5. The number of carbonyl (C=O) groups is 1. The Bertz CT molecular complexity index is 1120. The highest BCUT2D eigenvalue weighted by atomic mass is 19.1.